The van der Waals surface area contributed by atoms with Crippen LogP contribution in [0.15, 0.2) is 47.4 Å². The molecule has 2 rings (SSSR count). The van der Waals surface area contributed by atoms with Crippen molar-refractivity contribution in [3.05, 3.63) is 64.2 Å². The van der Waals surface area contributed by atoms with Crippen molar-refractivity contribution in [1.29, 1.82) is 0 Å². The summed E-state index contributed by atoms with van der Waals surface area (Å²) in [6, 6.07) is 11.4. The lowest BCUT2D eigenvalue weighted by atomic mass is 10.1. The predicted octanol–water partition coefficient (Wildman–Crippen LogP) is 3.15. The van der Waals surface area contributed by atoms with E-state index in [4.69, 9.17) is 16.3 Å². The van der Waals surface area contributed by atoms with Crippen LogP contribution in [0.5, 0.6) is 0 Å². The molecule has 7 nitrogen and oxygen atoms in total. The molecule has 0 atom stereocenters. The Morgan fingerprint density at radius 1 is 1.10 bits per heavy atom. The number of sulfonamides is 1. The minimum absolute atomic E-state index is 0.0452. The molecule has 0 bridgehead atoms. The number of halogens is 1. The predicted molar refractivity (Wildman–Crippen MR) is 115 cm³/mol. The Morgan fingerprint density at radius 3 is 2.40 bits per heavy atom. The van der Waals surface area contributed by atoms with Crippen LogP contribution in [-0.4, -0.2) is 44.3 Å². The van der Waals surface area contributed by atoms with Crippen LogP contribution in [-0.2, 0) is 26.1 Å². The highest BCUT2D eigenvalue weighted by molar-refractivity contribution is 7.89. The number of amides is 1. The zero-order valence-corrected chi connectivity index (χ0v) is 18.7. The van der Waals surface area contributed by atoms with Crippen molar-refractivity contribution in [2.75, 3.05) is 19.7 Å². The molecular formula is C21H25ClN2O5S. The first kappa shape index (κ1) is 23.9. The SMILES string of the molecule is CCN(CC)S(=O)(=O)c1cc(C(=O)OCC(=O)NCc2ccccc2Cl)ccc1C. The van der Waals surface area contributed by atoms with Crippen LogP contribution in [0, 0.1) is 6.92 Å². The average molecular weight is 453 g/mol. The summed E-state index contributed by atoms with van der Waals surface area (Å²) in [5, 5.41) is 3.14. The minimum atomic E-state index is -3.73. The Kier molecular flexibility index (Phi) is 8.40. The van der Waals surface area contributed by atoms with Crippen molar-refractivity contribution >= 4 is 33.5 Å². The fraction of sp³-hybridized carbons (Fsp3) is 0.333. The maximum absolute atomic E-state index is 12.8. The molecule has 0 heterocycles. The van der Waals surface area contributed by atoms with E-state index in [-0.39, 0.29) is 17.0 Å². The van der Waals surface area contributed by atoms with Crippen molar-refractivity contribution in [2.45, 2.75) is 32.2 Å². The summed E-state index contributed by atoms with van der Waals surface area (Å²) in [4.78, 5) is 24.4. The fourth-order valence-electron chi connectivity index (χ4n) is 2.81. The maximum atomic E-state index is 12.8. The van der Waals surface area contributed by atoms with Gasteiger partial charge in [0.15, 0.2) is 6.61 Å². The van der Waals surface area contributed by atoms with Crippen molar-refractivity contribution in [2.24, 2.45) is 0 Å². The summed E-state index contributed by atoms with van der Waals surface area (Å²) >= 11 is 6.03. The van der Waals surface area contributed by atoms with Gasteiger partial charge in [0.2, 0.25) is 10.0 Å². The van der Waals surface area contributed by atoms with E-state index in [0.717, 1.165) is 5.56 Å². The molecular weight excluding hydrogens is 428 g/mol. The lowest BCUT2D eigenvalue weighted by molar-refractivity contribution is -0.124. The van der Waals surface area contributed by atoms with Gasteiger partial charge in [0.05, 0.1) is 10.5 Å². The molecule has 162 valence electrons. The van der Waals surface area contributed by atoms with Crippen molar-refractivity contribution in [1.82, 2.24) is 9.62 Å². The van der Waals surface area contributed by atoms with E-state index in [1.807, 2.05) is 0 Å². The molecule has 2 aromatic carbocycles. The number of hydrogen-bond acceptors (Lipinski definition) is 5. The first-order valence-electron chi connectivity index (χ1n) is 9.48. The van der Waals surface area contributed by atoms with Crippen LogP contribution in [0.4, 0.5) is 0 Å². The van der Waals surface area contributed by atoms with Crippen LogP contribution < -0.4 is 5.32 Å². The quantitative estimate of drug-likeness (QED) is 0.590. The molecule has 1 N–H and O–H groups in total. The number of aryl methyl sites for hydroxylation is 1. The number of carbonyl (C=O) groups is 2. The van der Waals surface area contributed by atoms with Gasteiger partial charge in [-0.25, -0.2) is 13.2 Å². The largest absolute Gasteiger partial charge is 0.452 e. The van der Waals surface area contributed by atoms with Crippen LogP contribution in [0.2, 0.25) is 5.02 Å². The Morgan fingerprint density at radius 2 is 1.77 bits per heavy atom. The van der Waals surface area contributed by atoms with Gasteiger partial charge >= 0.3 is 5.97 Å². The summed E-state index contributed by atoms with van der Waals surface area (Å²) in [5.74, 6) is -1.27. The van der Waals surface area contributed by atoms with Crippen molar-refractivity contribution in [3.63, 3.8) is 0 Å². The summed E-state index contributed by atoms with van der Waals surface area (Å²) < 4.78 is 32.0. The highest BCUT2D eigenvalue weighted by Crippen LogP contribution is 2.22. The lowest BCUT2D eigenvalue weighted by Gasteiger charge is -2.20. The van der Waals surface area contributed by atoms with E-state index in [0.29, 0.717) is 23.7 Å². The van der Waals surface area contributed by atoms with Gasteiger partial charge in [-0.05, 0) is 36.2 Å². The van der Waals surface area contributed by atoms with Gasteiger partial charge in [-0.2, -0.15) is 4.31 Å². The van der Waals surface area contributed by atoms with Gasteiger partial charge in [0, 0.05) is 24.7 Å². The summed E-state index contributed by atoms with van der Waals surface area (Å²) in [6.07, 6.45) is 0. The Bertz CT molecular complexity index is 1020. The highest BCUT2D eigenvalue weighted by atomic mass is 35.5. The minimum Gasteiger partial charge on any atom is -0.452 e. The second kappa shape index (κ2) is 10.6. The second-order valence-corrected chi connectivity index (χ2v) is 8.83. The monoisotopic (exact) mass is 452 g/mol. The molecule has 0 saturated heterocycles. The fourth-order valence-corrected chi connectivity index (χ4v) is 4.72. The third kappa shape index (κ3) is 5.81. The standard InChI is InChI=1S/C21H25ClN2O5S/c1-4-24(5-2)30(27,28)19-12-16(11-10-15(19)3)21(26)29-14-20(25)23-13-17-8-6-7-9-18(17)22/h6-12H,4-5,13-14H2,1-3H3,(H,23,25). The van der Waals surface area contributed by atoms with Gasteiger partial charge in [0.25, 0.3) is 5.91 Å². The topological polar surface area (TPSA) is 92.8 Å². The number of esters is 1. The molecule has 2 aromatic rings. The first-order chi connectivity index (χ1) is 14.2. The molecule has 1 amide bonds. The highest BCUT2D eigenvalue weighted by Gasteiger charge is 2.25. The molecule has 0 saturated carbocycles. The van der Waals surface area contributed by atoms with Crippen molar-refractivity contribution in [3.8, 4) is 0 Å². The number of nitrogens with one attached hydrogen (secondary N) is 1. The van der Waals surface area contributed by atoms with E-state index < -0.39 is 28.5 Å². The van der Waals surface area contributed by atoms with Gasteiger partial charge < -0.3 is 10.1 Å². The third-order valence-electron chi connectivity index (χ3n) is 4.52. The van der Waals surface area contributed by atoms with Gasteiger partial charge in [-0.1, -0.05) is 49.7 Å². The average Bonchev–Trinajstić information content (AvgIpc) is 2.72. The lowest BCUT2D eigenvalue weighted by Crippen LogP contribution is -2.31. The van der Waals surface area contributed by atoms with Gasteiger partial charge in [-0.3, -0.25) is 4.79 Å². The van der Waals surface area contributed by atoms with Crippen LogP contribution >= 0.6 is 11.6 Å². The van der Waals surface area contributed by atoms with Crippen molar-refractivity contribution < 1.29 is 22.7 Å². The van der Waals surface area contributed by atoms with Crippen LogP contribution in [0.3, 0.4) is 0 Å². The normalized spacial score (nSPS) is 11.4. The van der Waals surface area contributed by atoms with E-state index in [1.54, 1.807) is 51.1 Å². The van der Waals surface area contributed by atoms with Crippen LogP contribution in [0.25, 0.3) is 0 Å². The third-order valence-corrected chi connectivity index (χ3v) is 7.08. The summed E-state index contributed by atoms with van der Waals surface area (Å²) in [5.41, 5.74) is 1.32. The van der Waals surface area contributed by atoms with Gasteiger partial charge in [0.1, 0.15) is 0 Å². The van der Waals surface area contributed by atoms with Gasteiger partial charge in [-0.15, -0.1) is 0 Å². The maximum Gasteiger partial charge on any atom is 0.338 e. The zero-order chi connectivity index (χ0) is 22.3. The molecule has 0 radical (unpaired) electrons. The first-order valence-corrected chi connectivity index (χ1v) is 11.3. The van der Waals surface area contributed by atoms with E-state index in [2.05, 4.69) is 5.32 Å². The number of carbonyl (C=O) groups excluding carboxylic acids is 2. The van der Waals surface area contributed by atoms with E-state index in [9.17, 15) is 18.0 Å². The number of ether oxygens (including phenoxy) is 1. The molecule has 0 unspecified atom stereocenters. The summed E-state index contributed by atoms with van der Waals surface area (Å²) in [7, 11) is -3.73. The molecule has 9 heteroatoms. The molecule has 0 aliphatic heterocycles. The summed E-state index contributed by atoms with van der Waals surface area (Å²) in [6.45, 7) is 5.50. The number of nitrogens with zero attached hydrogens (tertiary/aromatic N) is 1. The molecule has 30 heavy (non-hydrogen) atoms. The molecule has 0 aliphatic rings. The Labute approximate surface area is 182 Å². The molecule has 0 aliphatic carbocycles. The molecule has 0 aromatic heterocycles. The van der Waals surface area contributed by atoms with E-state index in [1.165, 1.54) is 16.4 Å². The molecule has 0 spiro atoms. The smallest absolute Gasteiger partial charge is 0.338 e. The van der Waals surface area contributed by atoms with Crippen LogP contribution in [0.1, 0.15) is 35.3 Å². The number of hydrogen-bond donors (Lipinski definition) is 1. The second-order valence-electron chi connectivity index (χ2n) is 6.51. The Balaban J connectivity index is 2.03. The zero-order valence-electron chi connectivity index (χ0n) is 17.1. The van der Waals surface area contributed by atoms with E-state index >= 15 is 0 Å². The number of benzene rings is 2. The molecule has 0 fully saturated rings. The Hall–Kier alpha value is -2.42. The number of rotatable bonds is 9.